The third kappa shape index (κ3) is 3.08. The van der Waals surface area contributed by atoms with E-state index in [9.17, 15) is 9.18 Å². The highest BCUT2D eigenvalue weighted by Gasteiger charge is 2.38. The molecule has 1 amide bonds. The van der Waals surface area contributed by atoms with E-state index in [0.29, 0.717) is 19.6 Å². The largest absolute Gasteiger partial charge is 0.374 e. The summed E-state index contributed by atoms with van der Waals surface area (Å²) in [6.45, 7) is 1.29. The fourth-order valence-electron chi connectivity index (χ4n) is 3.63. The average Bonchev–Trinajstić information content (AvgIpc) is 3.23. The van der Waals surface area contributed by atoms with E-state index in [0.717, 1.165) is 35.5 Å². The number of morpholine rings is 1. The number of rotatable bonds is 3. The molecule has 126 valence electrons. The van der Waals surface area contributed by atoms with Crippen LogP contribution in [0.3, 0.4) is 0 Å². The highest BCUT2D eigenvalue weighted by molar-refractivity contribution is 7.13. The molecule has 2 heterocycles. The minimum Gasteiger partial charge on any atom is -0.374 e. The van der Waals surface area contributed by atoms with Gasteiger partial charge in [-0.05, 0) is 31.4 Å². The molecule has 2 atom stereocenters. The lowest BCUT2D eigenvalue weighted by Crippen LogP contribution is -2.51. The quantitative estimate of drug-likeness (QED) is 0.857. The molecule has 0 N–H and O–H groups in total. The van der Waals surface area contributed by atoms with Crippen molar-refractivity contribution in [3.05, 3.63) is 41.2 Å². The van der Waals surface area contributed by atoms with Crippen molar-refractivity contribution in [1.29, 1.82) is 0 Å². The summed E-state index contributed by atoms with van der Waals surface area (Å²) in [5.74, 6) is -0.160. The number of thiazole rings is 1. The second kappa shape index (κ2) is 6.61. The molecule has 0 unspecified atom stereocenters. The van der Waals surface area contributed by atoms with Crippen LogP contribution in [0.25, 0.3) is 10.6 Å². The van der Waals surface area contributed by atoms with Gasteiger partial charge in [0, 0.05) is 17.5 Å². The molecule has 1 aliphatic heterocycles. The number of aromatic nitrogens is 1. The Balaban J connectivity index is 1.46. The van der Waals surface area contributed by atoms with Crippen LogP contribution in [0.15, 0.2) is 29.6 Å². The Morgan fingerprint density at radius 3 is 3.21 bits per heavy atom. The predicted octanol–water partition coefficient (Wildman–Crippen LogP) is 3.27. The summed E-state index contributed by atoms with van der Waals surface area (Å²) in [6.07, 6.45) is 3.71. The smallest absolute Gasteiger partial charge is 0.229 e. The maximum absolute atomic E-state index is 13.3. The van der Waals surface area contributed by atoms with Crippen LogP contribution in [0, 0.1) is 5.82 Å². The summed E-state index contributed by atoms with van der Waals surface area (Å²) in [5, 5.41) is 2.64. The van der Waals surface area contributed by atoms with Gasteiger partial charge >= 0.3 is 0 Å². The van der Waals surface area contributed by atoms with Gasteiger partial charge in [-0.3, -0.25) is 4.79 Å². The number of carbonyl (C=O) groups excluding carboxylic acids is 1. The van der Waals surface area contributed by atoms with Crippen molar-refractivity contribution in [2.45, 2.75) is 37.8 Å². The molecule has 2 aliphatic rings. The molecule has 0 spiro atoms. The van der Waals surface area contributed by atoms with E-state index in [-0.39, 0.29) is 23.9 Å². The number of ether oxygens (including phenoxy) is 1. The lowest BCUT2D eigenvalue weighted by Gasteiger charge is -2.37. The van der Waals surface area contributed by atoms with Gasteiger partial charge in [-0.25, -0.2) is 9.37 Å². The Hall–Kier alpha value is -1.79. The number of fused-ring (bicyclic) bond motifs is 1. The Morgan fingerprint density at radius 2 is 2.33 bits per heavy atom. The van der Waals surface area contributed by atoms with E-state index in [1.807, 2.05) is 16.3 Å². The molecule has 0 bridgehead atoms. The van der Waals surface area contributed by atoms with E-state index < -0.39 is 0 Å². The fraction of sp³-hybridized carbons (Fsp3) is 0.444. The zero-order valence-electron chi connectivity index (χ0n) is 13.3. The minimum atomic E-state index is -0.277. The summed E-state index contributed by atoms with van der Waals surface area (Å²) >= 11 is 1.45. The molecule has 24 heavy (non-hydrogen) atoms. The normalized spacial score (nSPS) is 23.3. The van der Waals surface area contributed by atoms with E-state index in [1.165, 1.54) is 23.5 Å². The summed E-state index contributed by atoms with van der Waals surface area (Å²) in [4.78, 5) is 19.2. The standard InChI is InChI=1S/C18H19FN2O2S/c19-13-4-1-3-12(9-13)18-20-14(11-24-18)10-17(22)21-7-8-23-16-6-2-5-15(16)21/h1,3-4,9,11,15-16H,2,5-8,10H2/t15-,16+/m1/s1. The zero-order chi connectivity index (χ0) is 16.5. The maximum atomic E-state index is 13.3. The van der Waals surface area contributed by atoms with E-state index in [2.05, 4.69) is 4.98 Å². The van der Waals surface area contributed by atoms with Gasteiger partial charge in [0.25, 0.3) is 0 Å². The Kier molecular flexibility index (Phi) is 4.33. The van der Waals surface area contributed by atoms with Crippen LogP contribution in [-0.2, 0) is 16.0 Å². The molecule has 1 saturated carbocycles. The Bertz CT molecular complexity index is 748. The van der Waals surface area contributed by atoms with Crippen LogP contribution in [0.1, 0.15) is 25.0 Å². The minimum absolute atomic E-state index is 0.117. The lowest BCUT2D eigenvalue weighted by molar-refractivity contribution is -0.143. The number of halogens is 1. The van der Waals surface area contributed by atoms with Gasteiger partial charge in [0.1, 0.15) is 10.8 Å². The van der Waals surface area contributed by atoms with Gasteiger partial charge in [-0.2, -0.15) is 0 Å². The SMILES string of the molecule is O=C(Cc1csc(-c2cccc(F)c2)n1)N1CCO[C@H]2CCC[C@H]21. The fourth-order valence-corrected chi connectivity index (χ4v) is 4.45. The first-order chi connectivity index (χ1) is 11.7. The number of amides is 1. The highest BCUT2D eigenvalue weighted by atomic mass is 32.1. The first-order valence-corrected chi connectivity index (χ1v) is 9.20. The number of carbonyl (C=O) groups is 1. The van der Waals surface area contributed by atoms with Crippen LogP contribution in [0.2, 0.25) is 0 Å². The van der Waals surface area contributed by atoms with Gasteiger partial charge < -0.3 is 9.64 Å². The lowest BCUT2D eigenvalue weighted by atomic mass is 10.1. The molecule has 1 aromatic heterocycles. The van der Waals surface area contributed by atoms with Crippen LogP contribution < -0.4 is 0 Å². The third-order valence-electron chi connectivity index (χ3n) is 4.76. The van der Waals surface area contributed by atoms with E-state index in [1.54, 1.807) is 6.07 Å². The molecule has 4 rings (SSSR count). The molecule has 6 heteroatoms. The molecule has 1 saturated heterocycles. The summed E-state index contributed by atoms with van der Waals surface area (Å²) in [6, 6.07) is 6.62. The Morgan fingerprint density at radius 1 is 1.42 bits per heavy atom. The molecule has 2 aromatic rings. The number of hydrogen-bond donors (Lipinski definition) is 0. The van der Waals surface area contributed by atoms with Crippen molar-refractivity contribution >= 4 is 17.2 Å². The summed E-state index contributed by atoms with van der Waals surface area (Å²) in [7, 11) is 0. The predicted molar refractivity (Wildman–Crippen MR) is 90.3 cm³/mol. The van der Waals surface area contributed by atoms with Crippen LogP contribution in [-0.4, -0.2) is 41.1 Å². The highest BCUT2D eigenvalue weighted by Crippen LogP contribution is 2.30. The second-order valence-corrected chi connectivity index (χ2v) is 7.18. The van der Waals surface area contributed by atoms with Gasteiger partial charge in [0.05, 0.1) is 30.9 Å². The Labute approximate surface area is 144 Å². The van der Waals surface area contributed by atoms with Gasteiger partial charge in [-0.15, -0.1) is 11.3 Å². The van der Waals surface area contributed by atoms with E-state index >= 15 is 0 Å². The van der Waals surface area contributed by atoms with Crippen molar-refractivity contribution in [3.63, 3.8) is 0 Å². The monoisotopic (exact) mass is 346 g/mol. The first kappa shape index (κ1) is 15.7. The van der Waals surface area contributed by atoms with Gasteiger partial charge in [0.2, 0.25) is 5.91 Å². The third-order valence-corrected chi connectivity index (χ3v) is 5.70. The van der Waals surface area contributed by atoms with Crippen LogP contribution >= 0.6 is 11.3 Å². The van der Waals surface area contributed by atoms with Crippen molar-refractivity contribution in [3.8, 4) is 10.6 Å². The van der Waals surface area contributed by atoms with Crippen molar-refractivity contribution in [2.75, 3.05) is 13.2 Å². The number of nitrogens with zero attached hydrogens (tertiary/aromatic N) is 2. The average molecular weight is 346 g/mol. The van der Waals surface area contributed by atoms with Crippen LogP contribution in [0.5, 0.6) is 0 Å². The second-order valence-electron chi connectivity index (χ2n) is 6.33. The molecule has 2 fully saturated rings. The molecule has 4 nitrogen and oxygen atoms in total. The molecular weight excluding hydrogens is 327 g/mol. The number of benzene rings is 1. The van der Waals surface area contributed by atoms with Crippen molar-refractivity contribution in [2.24, 2.45) is 0 Å². The van der Waals surface area contributed by atoms with Crippen LogP contribution in [0.4, 0.5) is 4.39 Å². The molecular formula is C18H19FN2O2S. The summed E-state index contributed by atoms with van der Waals surface area (Å²) < 4.78 is 19.1. The molecule has 1 aliphatic carbocycles. The first-order valence-electron chi connectivity index (χ1n) is 8.32. The molecule has 1 aromatic carbocycles. The topological polar surface area (TPSA) is 42.4 Å². The van der Waals surface area contributed by atoms with Crippen molar-refractivity contribution in [1.82, 2.24) is 9.88 Å². The number of hydrogen-bond acceptors (Lipinski definition) is 4. The van der Waals surface area contributed by atoms with Crippen molar-refractivity contribution < 1.29 is 13.9 Å². The van der Waals surface area contributed by atoms with Gasteiger partial charge in [-0.1, -0.05) is 12.1 Å². The zero-order valence-corrected chi connectivity index (χ0v) is 14.1. The summed E-state index contributed by atoms with van der Waals surface area (Å²) in [5.41, 5.74) is 1.51. The maximum Gasteiger partial charge on any atom is 0.229 e. The van der Waals surface area contributed by atoms with Gasteiger partial charge in [0.15, 0.2) is 0 Å². The van der Waals surface area contributed by atoms with E-state index in [4.69, 9.17) is 4.74 Å². The molecule has 0 radical (unpaired) electrons.